The molecule has 114 heavy (non-hydrogen) atoms. The van der Waals surface area contributed by atoms with Crippen molar-refractivity contribution in [2.75, 3.05) is 103 Å². The second-order valence-corrected chi connectivity index (χ2v) is 39.1. The van der Waals surface area contributed by atoms with Crippen molar-refractivity contribution in [3.63, 3.8) is 0 Å². The third-order valence-corrected chi connectivity index (χ3v) is 24.8. The Kier molecular flexibility index (Phi) is 24.9. The third-order valence-electron chi connectivity index (χ3n) is 20.1. The highest BCUT2D eigenvalue weighted by molar-refractivity contribution is 7.71. The topological polar surface area (TPSA) is 276 Å². The molecule has 9 aromatic carbocycles. The van der Waals surface area contributed by atoms with Crippen LogP contribution in [0.5, 0.6) is 0 Å². The van der Waals surface area contributed by atoms with Crippen LogP contribution in [-0.4, -0.2) is 137 Å². The first-order valence-corrected chi connectivity index (χ1v) is 43.6. The molecule has 8 N–H and O–H groups in total. The van der Waals surface area contributed by atoms with Gasteiger partial charge in [-0.15, -0.1) is 0 Å². The number of rotatable bonds is 17. The van der Waals surface area contributed by atoms with Gasteiger partial charge in [-0.05, 0) is 180 Å². The average molecular weight is 1630 g/mol. The van der Waals surface area contributed by atoms with E-state index >= 15 is 26.3 Å². The molecule has 13 rings (SSSR count). The summed E-state index contributed by atoms with van der Waals surface area (Å²) in [6.45, 7) is 13.0. The van der Waals surface area contributed by atoms with Gasteiger partial charge >= 0.3 is 18.1 Å². The highest BCUT2D eigenvalue weighted by atomic mass is 31.2. The summed E-state index contributed by atoms with van der Waals surface area (Å²) in [5.74, 6) is -13.1. The van der Waals surface area contributed by atoms with Crippen molar-refractivity contribution in [3.8, 4) is 33.4 Å². The van der Waals surface area contributed by atoms with Crippen molar-refractivity contribution in [2.45, 2.75) is 51.7 Å². The molecule has 5 atom stereocenters. The summed E-state index contributed by atoms with van der Waals surface area (Å²) in [6.07, 6.45) is 1.24. The van der Waals surface area contributed by atoms with Crippen LogP contribution in [0.2, 0.25) is 0 Å². The van der Waals surface area contributed by atoms with Crippen LogP contribution in [-0.2, 0) is 28.1 Å². The molecular weight excluding hydrogens is 1550 g/mol. The molecule has 0 radical (unpaired) electrons. The van der Waals surface area contributed by atoms with Gasteiger partial charge in [0.2, 0.25) is 17.7 Å². The van der Waals surface area contributed by atoms with E-state index in [9.17, 15) is 65.8 Å². The zero-order valence-electron chi connectivity index (χ0n) is 63.1. The molecule has 4 fully saturated rings. The van der Waals surface area contributed by atoms with E-state index in [-0.39, 0.29) is 81.6 Å². The fraction of sp³-hybridized carbons (Fsp3) is 0.268. The van der Waals surface area contributed by atoms with Crippen LogP contribution in [0.1, 0.15) is 29.5 Å². The number of carbonyl (C=O) groups is 6. The highest BCUT2D eigenvalue weighted by Gasteiger charge is 2.61. The van der Waals surface area contributed by atoms with Crippen molar-refractivity contribution in [1.29, 1.82) is 0 Å². The van der Waals surface area contributed by atoms with Crippen molar-refractivity contribution >= 4 is 107 Å². The van der Waals surface area contributed by atoms with Gasteiger partial charge in [-0.2, -0.15) is 0 Å². The molecule has 9 aromatic rings. The zero-order valence-corrected chi connectivity index (χ0v) is 65.8. The lowest BCUT2D eigenvalue weighted by Gasteiger charge is -2.20. The lowest BCUT2D eigenvalue weighted by atomic mass is 10.0. The predicted octanol–water partition coefficient (Wildman–Crippen LogP) is 14.6. The third kappa shape index (κ3) is 17.9. The number of aliphatic hydroxyl groups is 2. The maximum Gasteiger partial charge on any atom is 0.319 e. The molecular formula is C82H81F9N9O11P3. The van der Waals surface area contributed by atoms with Crippen LogP contribution >= 0.6 is 21.4 Å². The molecule has 3 heterocycles. The minimum absolute atomic E-state index is 0.0343. The number of halogens is 9. The van der Waals surface area contributed by atoms with E-state index in [1.165, 1.54) is 99.5 Å². The predicted molar refractivity (Wildman–Crippen MR) is 424 cm³/mol. The van der Waals surface area contributed by atoms with Gasteiger partial charge in [0.1, 0.15) is 57.0 Å². The lowest BCUT2D eigenvalue weighted by molar-refractivity contribution is -0.119. The van der Waals surface area contributed by atoms with Gasteiger partial charge in [0.15, 0.2) is 34.9 Å². The first kappa shape index (κ1) is 84.1. The van der Waals surface area contributed by atoms with Crippen LogP contribution in [0.25, 0.3) is 33.4 Å². The number of nitrogens with zero attached hydrogens (tertiary/aromatic N) is 3. The number of aryl methyl sites for hydroxylation is 3. The summed E-state index contributed by atoms with van der Waals surface area (Å²) < 4.78 is 173. The quantitative estimate of drug-likeness (QED) is 0.0313. The summed E-state index contributed by atoms with van der Waals surface area (Å²) in [4.78, 5) is 80.3. The summed E-state index contributed by atoms with van der Waals surface area (Å²) in [6, 6.07) is 33.9. The monoisotopic (exact) mass is 1630 g/mol. The number of anilines is 6. The van der Waals surface area contributed by atoms with E-state index in [1.54, 1.807) is 125 Å². The standard InChI is InChI=1S/C28H27F3N3O3P.2C27H27F3N3O4P/c1-16-8-10-20(19(29)14-16)32-27(36)33-25-26(35)34(15-28(25)12-13-28)21-11-9-18(23(30)24(21)31)17-6-4-5-7-22(17)38(2,3)37;2*1-15-8-10-20(19(28)12-15)31-27(36)32-25-16(14-34)13-33(26(25)35)21-11-9-18(23(29)24(21)30)17-6-4-5-7-22(17)38(2,3)37/h4-11,14,25H,12-13,15H2,1-3H3,(H2,32,33,36);2*4-12,16,25,34H,13-14H2,1-3H3,(H2,31,32,36)/t25-;2*16?,25-/m011/s1. The second kappa shape index (κ2) is 33.7. The summed E-state index contributed by atoms with van der Waals surface area (Å²) in [5.41, 5.74) is 0.808. The van der Waals surface area contributed by atoms with Crippen molar-refractivity contribution in [2.24, 2.45) is 17.3 Å². The molecule has 32 heteroatoms. The van der Waals surface area contributed by atoms with Crippen LogP contribution in [0.4, 0.5) is 88.0 Å². The molecule has 1 saturated carbocycles. The van der Waals surface area contributed by atoms with Crippen molar-refractivity contribution < 1.29 is 92.2 Å². The number of amides is 9. The number of aliphatic hydroxyl groups excluding tert-OH is 2. The van der Waals surface area contributed by atoms with Crippen LogP contribution in [0.3, 0.4) is 0 Å². The van der Waals surface area contributed by atoms with Gasteiger partial charge in [-0.3, -0.25) is 14.4 Å². The molecule has 2 unspecified atom stereocenters. The molecule has 1 spiro atoms. The number of nitrogens with one attached hydrogen (secondary N) is 6. The normalized spacial score (nSPS) is 17.7. The smallest absolute Gasteiger partial charge is 0.319 e. The maximum atomic E-state index is 15.4. The molecule has 0 bridgehead atoms. The Morgan fingerprint density at radius 3 is 0.982 bits per heavy atom. The minimum Gasteiger partial charge on any atom is -0.396 e. The van der Waals surface area contributed by atoms with E-state index in [0.29, 0.717) is 51.0 Å². The molecule has 4 aliphatic rings. The largest absolute Gasteiger partial charge is 0.396 e. The minimum atomic E-state index is -2.81. The van der Waals surface area contributed by atoms with Crippen LogP contribution < -0.4 is 62.5 Å². The second-order valence-electron chi connectivity index (χ2n) is 29.6. The van der Waals surface area contributed by atoms with Crippen LogP contribution in [0.15, 0.2) is 164 Å². The molecule has 598 valence electrons. The van der Waals surface area contributed by atoms with Gasteiger partial charge in [-0.1, -0.05) is 91.0 Å². The molecule has 3 saturated heterocycles. The average Bonchev–Trinajstić information content (AvgIpc) is 1.56. The Bertz CT molecular complexity index is 5270. The summed E-state index contributed by atoms with van der Waals surface area (Å²) >= 11 is 0. The van der Waals surface area contributed by atoms with Crippen LogP contribution in [0, 0.1) is 90.4 Å². The van der Waals surface area contributed by atoms with Gasteiger partial charge in [0, 0.05) is 69.5 Å². The zero-order chi connectivity index (χ0) is 83.0. The van der Waals surface area contributed by atoms with Crippen molar-refractivity contribution in [3.05, 3.63) is 233 Å². The Morgan fingerprint density at radius 2 is 0.693 bits per heavy atom. The Labute approximate surface area is 651 Å². The maximum absolute atomic E-state index is 15.4. The molecule has 0 aromatic heterocycles. The van der Waals surface area contributed by atoms with Gasteiger partial charge in [-0.25, -0.2) is 53.9 Å². The SMILES string of the molecule is Cc1ccc(NC(=O)N[C@H]2C(=O)N(c3ccc(-c4ccccc4P(C)(C)=O)c(F)c3F)CC23CC3)c(F)c1.Cc1ccc(NC(=O)N[C@H]2C(=O)N(c3ccc(-c4ccccc4P(C)(C)=O)c(F)c3F)CC2CO)c(F)c1.Cc1ccc(NC(=O)N[C@H]2C(=O)N(c3ccc(-c4ccccc4P(C)(C)=O)c(F)c3F)CC2CO)c(F)c1. The van der Waals surface area contributed by atoms with Crippen molar-refractivity contribution in [1.82, 2.24) is 16.0 Å². The van der Waals surface area contributed by atoms with Gasteiger partial charge < -0.3 is 70.5 Å². The Hall–Kier alpha value is -10.8. The summed E-state index contributed by atoms with van der Waals surface area (Å²) in [5, 5.41) is 35.3. The summed E-state index contributed by atoms with van der Waals surface area (Å²) in [7, 11) is -8.41. The molecule has 3 aliphatic heterocycles. The first-order valence-electron chi connectivity index (χ1n) is 35.8. The fourth-order valence-electron chi connectivity index (χ4n) is 14.1. The fourth-order valence-corrected chi connectivity index (χ4v) is 17.7. The highest BCUT2D eigenvalue weighted by Crippen LogP contribution is 2.55. The van der Waals surface area contributed by atoms with E-state index < -0.39 is 158 Å². The number of urea groups is 3. The van der Waals surface area contributed by atoms with E-state index in [2.05, 4.69) is 31.9 Å². The van der Waals surface area contributed by atoms with Gasteiger partial charge in [0.05, 0.1) is 47.3 Å². The molecule has 20 nitrogen and oxygen atoms in total. The Morgan fingerprint density at radius 1 is 0.395 bits per heavy atom. The lowest BCUT2D eigenvalue weighted by Crippen LogP contribution is -2.46. The first-order chi connectivity index (χ1) is 53.7. The molecule has 9 amide bonds. The number of benzene rings is 9. The van der Waals surface area contributed by atoms with E-state index in [4.69, 9.17) is 0 Å². The van der Waals surface area contributed by atoms with Gasteiger partial charge in [0.25, 0.3) is 0 Å². The number of hydrogen-bond acceptors (Lipinski definition) is 11. The van der Waals surface area contributed by atoms with E-state index in [0.717, 1.165) is 14.7 Å². The Balaban J connectivity index is 0.000000169. The molecule has 1 aliphatic carbocycles. The number of carbonyl (C=O) groups excluding carboxylic acids is 6. The van der Waals surface area contributed by atoms with E-state index in [1.807, 2.05) is 0 Å². The number of hydrogen-bond donors (Lipinski definition) is 8.